The fraction of sp³-hybridized carbons (Fsp3) is 0.227. The number of nitrogens with zero attached hydrogens (tertiary/aromatic N) is 1. The van der Waals surface area contributed by atoms with Crippen LogP contribution < -0.4 is 11.1 Å². The monoisotopic (exact) mass is 377 g/mol. The number of carbonyl (C=O) groups excluding carboxylic acids is 2. The van der Waals surface area contributed by atoms with Gasteiger partial charge in [-0.3, -0.25) is 9.78 Å². The van der Waals surface area contributed by atoms with E-state index in [9.17, 15) is 9.59 Å². The third-order valence-electron chi connectivity index (χ3n) is 4.12. The highest BCUT2D eigenvalue weighted by Gasteiger charge is 2.29. The Morgan fingerprint density at radius 2 is 1.89 bits per heavy atom. The minimum Gasteiger partial charge on any atom is -0.456 e. The summed E-state index contributed by atoms with van der Waals surface area (Å²) in [5, 5.41) is 3.17. The zero-order valence-electron chi connectivity index (χ0n) is 16.2. The van der Waals surface area contributed by atoms with Crippen LogP contribution in [-0.2, 0) is 9.53 Å². The van der Waals surface area contributed by atoms with Crippen molar-refractivity contribution in [3.05, 3.63) is 76.8 Å². The van der Waals surface area contributed by atoms with Gasteiger partial charge in [0.15, 0.2) is 0 Å². The first-order valence-corrected chi connectivity index (χ1v) is 8.99. The lowest BCUT2D eigenvalue weighted by Gasteiger charge is -2.22. The molecule has 3 rings (SSSR count). The van der Waals surface area contributed by atoms with Crippen LogP contribution in [0.15, 0.2) is 65.6 Å². The van der Waals surface area contributed by atoms with Crippen molar-refractivity contribution in [2.45, 2.75) is 26.4 Å². The van der Waals surface area contributed by atoms with E-state index >= 15 is 0 Å². The molecule has 0 unspecified atom stereocenters. The summed E-state index contributed by atoms with van der Waals surface area (Å²) in [6.07, 6.45) is 4.79. The van der Waals surface area contributed by atoms with Gasteiger partial charge < -0.3 is 15.8 Å². The molecule has 1 aliphatic rings. The van der Waals surface area contributed by atoms with Crippen LogP contribution in [0.3, 0.4) is 0 Å². The number of para-hydroxylation sites is 1. The van der Waals surface area contributed by atoms with E-state index in [1.165, 1.54) is 6.20 Å². The molecule has 0 aliphatic carbocycles. The number of fused-ring (bicyclic) bond motifs is 1. The Morgan fingerprint density at radius 1 is 1.14 bits per heavy atom. The van der Waals surface area contributed by atoms with Gasteiger partial charge in [0, 0.05) is 35.8 Å². The Kier molecular flexibility index (Phi) is 5.42. The Balaban J connectivity index is 2.17. The van der Waals surface area contributed by atoms with Gasteiger partial charge in [-0.1, -0.05) is 18.2 Å². The molecule has 1 aromatic carbocycles. The molecule has 0 bridgehead atoms. The van der Waals surface area contributed by atoms with E-state index < -0.39 is 11.6 Å². The molecule has 1 aromatic heterocycles. The summed E-state index contributed by atoms with van der Waals surface area (Å²) >= 11 is 0. The van der Waals surface area contributed by atoms with Gasteiger partial charge in [0.05, 0.1) is 11.3 Å². The van der Waals surface area contributed by atoms with E-state index in [4.69, 9.17) is 10.5 Å². The molecule has 0 saturated heterocycles. The van der Waals surface area contributed by atoms with Crippen LogP contribution in [-0.4, -0.2) is 28.9 Å². The van der Waals surface area contributed by atoms with Crippen molar-refractivity contribution in [3.63, 3.8) is 0 Å². The summed E-state index contributed by atoms with van der Waals surface area (Å²) in [5.41, 5.74) is 8.11. The van der Waals surface area contributed by atoms with E-state index in [0.29, 0.717) is 16.8 Å². The van der Waals surface area contributed by atoms with Gasteiger partial charge in [0.25, 0.3) is 0 Å². The Morgan fingerprint density at radius 3 is 2.54 bits per heavy atom. The van der Waals surface area contributed by atoms with Gasteiger partial charge in [0.1, 0.15) is 5.60 Å². The average molecular weight is 377 g/mol. The number of esters is 1. The summed E-state index contributed by atoms with van der Waals surface area (Å²) in [5.74, 6) is -0.817. The standard InChI is InChI=1S/C22H23N3O3/c1-22(2,3)28-21(27)16-11-14-7-4-5-9-18(14)25-19(17(16)12-23)20(26)15-8-6-10-24-13-15/h4-11,13,25H,12,23H2,1-3H3. The first-order valence-electron chi connectivity index (χ1n) is 8.99. The van der Waals surface area contributed by atoms with E-state index in [-0.39, 0.29) is 23.6 Å². The maximum absolute atomic E-state index is 13.2. The topological polar surface area (TPSA) is 94.3 Å². The molecule has 28 heavy (non-hydrogen) atoms. The van der Waals surface area contributed by atoms with Crippen molar-refractivity contribution in [2.24, 2.45) is 5.73 Å². The fourth-order valence-electron chi connectivity index (χ4n) is 2.89. The van der Waals surface area contributed by atoms with Gasteiger partial charge in [-0.25, -0.2) is 4.79 Å². The van der Waals surface area contributed by atoms with E-state index in [1.807, 2.05) is 24.3 Å². The number of Topliss-reactive ketones (excluding diaryl/α,β-unsaturated/α-hetero) is 1. The molecule has 0 spiro atoms. The minimum absolute atomic E-state index is 0.00655. The van der Waals surface area contributed by atoms with Crippen molar-refractivity contribution in [1.82, 2.24) is 4.98 Å². The van der Waals surface area contributed by atoms with Crippen molar-refractivity contribution in [1.29, 1.82) is 0 Å². The molecule has 2 aromatic rings. The van der Waals surface area contributed by atoms with Gasteiger partial charge in [0.2, 0.25) is 5.78 Å². The normalized spacial score (nSPS) is 13.8. The number of aromatic nitrogens is 1. The van der Waals surface area contributed by atoms with Crippen LogP contribution in [0, 0.1) is 0 Å². The summed E-state index contributed by atoms with van der Waals surface area (Å²) in [6.45, 7) is 5.37. The summed E-state index contributed by atoms with van der Waals surface area (Å²) in [4.78, 5) is 30.1. The number of hydrogen-bond acceptors (Lipinski definition) is 6. The molecule has 0 saturated carbocycles. The number of anilines is 1. The predicted octanol–water partition coefficient (Wildman–Crippen LogP) is 3.33. The summed E-state index contributed by atoms with van der Waals surface area (Å²) < 4.78 is 5.57. The third-order valence-corrected chi connectivity index (χ3v) is 4.12. The second kappa shape index (κ2) is 7.78. The third kappa shape index (κ3) is 4.18. The number of ether oxygens (including phenoxy) is 1. The fourth-order valence-corrected chi connectivity index (χ4v) is 2.89. The first-order chi connectivity index (χ1) is 13.3. The predicted molar refractivity (Wildman–Crippen MR) is 109 cm³/mol. The molecular formula is C22H23N3O3. The molecule has 2 heterocycles. The number of benzene rings is 1. The Hall–Kier alpha value is -3.25. The maximum atomic E-state index is 13.2. The second-order valence-corrected chi connectivity index (χ2v) is 7.40. The van der Waals surface area contributed by atoms with Crippen LogP contribution in [0.4, 0.5) is 5.69 Å². The van der Waals surface area contributed by atoms with E-state index in [0.717, 1.165) is 5.56 Å². The molecule has 6 heteroatoms. The van der Waals surface area contributed by atoms with Crippen molar-refractivity contribution in [2.75, 3.05) is 11.9 Å². The second-order valence-electron chi connectivity index (χ2n) is 7.40. The largest absolute Gasteiger partial charge is 0.456 e. The van der Waals surface area contributed by atoms with Crippen molar-refractivity contribution in [3.8, 4) is 0 Å². The van der Waals surface area contributed by atoms with Gasteiger partial charge in [-0.2, -0.15) is 0 Å². The first kappa shape index (κ1) is 19.5. The lowest BCUT2D eigenvalue weighted by atomic mass is 9.98. The quantitative estimate of drug-likeness (QED) is 0.627. The molecular weight excluding hydrogens is 354 g/mol. The summed E-state index contributed by atoms with van der Waals surface area (Å²) in [6, 6.07) is 10.8. The van der Waals surface area contributed by atoms with Gasteiger partial charge in [-0.05, 0) is 50.6 Å². The number of pyridine rings is 1. The molecule has 0 fully saturated rings. The Labute approximate surface area is 164 Å². The number of allylic oxidation sites excluding steroid dienone is 1. The molecule has 0 amide bonds. The smallest absolute Gasteiger partial charge is 0.339 e. The van der Waals surface area contributed by atoms with Gasteiger partial charge in [-0.15, -0.1) is 0 Å². The molecule has 6 nitrogen and oxygen atoms in total. The highest BCUT2D eigenvalue weighted by atomic mass is 16.6. The number of hydrogen-bond donors (Lipinski definition) is 2. The number of carbonyl (C=O) groups is 2. The van der Waals surface area contributed by atoms with Gasteiger partial charge >= 0.3 is 5.97 Å². The van der Waals surface area contributed by atoms with Crippen LogP contribution >= 0.6 is 0 Å². The van der Waals surface area contributed by atoms with Crippen LogP contribution in [0.25, 0.3) is 6.08 Å². The molecule has 144 valence electrons. The number of rotatable bonds is 4. The van der Waals surface area contributed by atoms with Crippen molar-refractivity contribution < 1.29 is 14.3 Å². The van der Waals surface area contributed by atoms with Crippen LogP contribution in [0.1, 0.15) is 36.7 Å². The molecule has 3 N–H and O–H groups in total. The van der Waals surface area contributed by atoms with Crippen molar-refractivity contribution >= 4 is 23.5 Å². The zero-order valence-corrected chi connectivity index (χ0v) is 16.2. The number of ketones is 1. The highest BCUT2D eigenvalue weighted by molar-refractivity contribution is 6.14. The SMILES string of the molecule is CC(C)(C)OC(=O)C1=Cc2ccccc2NC(C(=O)c2cccnc2)=C1CN. The van der Waals surface area contributed by atoms with Crippen LogP contribution in [0.2, 0.25) is 0 Å². The van der Waals surface area contributed by atoms with E-state index in [2.05, 4.69) is 10.3 Å². The Bertz CT molecular complexity index is 970. The number of nitrogens with one attached hydrogen (secondary N) is 1. The zero-order chi connectivity index (χ0) is 20.3. The maximum Gasteiger partial charge on any atom is 0.339 e. The average Bonchev–Trinajstić information content (AvgIpc) is 2.83. The molecule has 0 radical (unpaired) electrons. The lowest BCUT2D eigenvalue weighted by molar-refractivity contribution is -0.149. The molecule has 0 atom stereocenters. The summed E-state index contributed by atoms with van der Waals surface area (Å²) in [7, 11) is 0. The minimum atomic E-state index is -0.676. The number of nitrogens with two attached hydrogens (primary N) is 1. The molecule has 1 aliphatic heterocycles. The highest BCUT2D eigenvalue weighted by Crippen LogP contribution is 2.31. The van der Waals surface area contributed by atoms with Crippen LogP contribution in [0.5, 0.6) is 0 Å². The lowest BCUT2D eigenvalue weighted by Crippen LogP contribution is -2.28. The van der Waals surface area contributed by atoms with E-state index in [1.54, 1.807) is 45.2 Å².